The van der Waals surface area contributed by atoms with E-state index in [2.05, 4.69) is 33.0 Å². The van der Waals surface area contributed by atoms with E-state index in [9.17, 15) is 9.59 Å². The van der Waals surface area contributed by atoms with E-state index >= 15 is 0 Å². The number of carboxylic acid groups (broad SMARTS) is 1. The van der Waals surface area contributed by atoms with Crippen molar-refractivity contribution in [2.45, 2.75) is 97.9 Å². The Morgan fingerprint density at radius 2 is 1.87 bits per heavy atom. The zero-order valence-electron chi connectivity index (χ0n) is 19.6. The number of fused-ring (bicyclic) bond motifs is 5. The maximum absolute atomic E-state index is 13.0. The normalized spacial score (nSPS) is 46.6. The van der Waals surface area contributed by atoms with Crippen molar-refractivity contribution >= 4 is 11.8 Å². The first kappa shape index (κ1) is 22.3. The molecule has 0 radical (unpaired) electrons. The van der Waals surface area contributed by atoms with Crippen LogP contribution in [0.3, 0.4) is 0 Å². The zero-order valence-corrected chi connectivity index (χ0v) is 19.6. The minimum Gasteiger partial charge on any atom is -0.480 e. The molecule has 2 N–H and O–H groups in total. The molecule has 4 aliphatic rings. The molecule has 170 valence electrons. The fraction of sp³-hybridized carbons (Fsp3) is 0.923. The van der Waals surface area contributed by atoms with Crippen molar-refractivity contribution in [3.05, 3.63) is 0 Å². The fourth-order valence-corrected chi connectivity index (χ4v) is 9.15. The Labute approximate surface area is 183 Å². The Kier molecular flexibility index (Phi) is 6.11. The van der Waals surface area contributed by atoms with Gasteiger partial charge in [0.2, 0.25) is 0 Å². The van der Waals surface area contributed by atoms with Gasteiger partial charge in [-0.1, -0.05) is 40.5 Å². The van der Waals surface area contributed by atoms with Crippen molar-refractivity contribution in [1.29, 1.82) is 0 Å². The van der Waals surface area contributed by atoms with Gasteiger partial charge in [-0.05, 0) is 91.3 Å². The lowest BCUT2D eigenvalue weighted by molar-refractivity contribution is -0.146. The Balaban J connectivity index is 1.50. The molecular weight excluding hydrogens is 374 g/mol. The molecule has 4 nitrogen and oxygen atoms in total. The Morgan fingerprint density at radius 1 is 1.13 bits per heavy atom. The average Bonchev–Trinajstić information content (AvgIpc) is 3.03. The van der Waals surface area contributed by atoms with Crippen LogP contribution >= 0.6 is 0 Å². The van der Waals surface area contributed by atoms with Crippen LogP contribution in [0.25, 0.3) is 0 Å². The molecule has 4 saturated carbocycles. The third kappa shape index (κ3) is 3.55. The van der Waals surface area contributed by atoms with Crippen LogP contribution in [-0.2, 0) is 9.59 Å². The third-order valence-corrected chi connectivity index (χ3v) is 10.5. The summed E-state index contributed by atoms with van der Waals surface area (Å²) in [5, 5.41) is 12.0. The number of carbonyl (C=O) groups is 2. The molecule has 4 aliphatic carbocycles. The molecule has 30 heavy (non-hydrogen) atoms. The number of carbonyl (C=O) groups excluding carboxylic acids is 1. The highest BCUT2D eigenvalue weighted by Gasteiger charge is 2.61. The molecular formula is C26H43NO3. The van der Waals surface area contributed by atoms with Crippen LogP contribution in [0.4, 0.5) is 0 Å². The van der Waals surface area contributed by atoms with E-state index in [1.54, 1.807) is 0 Å². The van der Waals surface area contributed by atoms with Gasteiger partial charge in [0.15, 0.2) is 0 Å². The summed E-state index contributed by atoms with van der Waals surface area (Å²) in [6.45, 7) is 9.74. The number of aliphatic carboxylic acids is 1. The number of Topliss-reactive ketones (excluding diaryl/α,β-unsaturated/α-hetero) is 1. The summed E-state index contributed by atoms with van der Waals surface area (Å²) in [5.41, 5.74) is 0.624. The molecule has 0 aliphatic heterocycles. The number of nitrogens with one attached hydrogen (secondary N) is 1. The molecule has 0 spiro atoms. The van der Waals surface area contributed by atoms with Crippen LogP contribution in [0.2, 0.25) is 0 Å². The van der Waals surface area contributed by atoms with Crippen LogP contribution < -0.4 is 5.32 Å². The second-order valence-electron chi connectivity index (χ2n) is 11.9. The van der Waals surface area contributed by atoms with Crippen LogP contribution in [0.15, 0.2) is 0 Å². The lowest BCUT2D eigenvalue weighted by Gasteiger charge is -2.61. The SMILES string of the molecule is CCC[C@@H](C)[C@H]1CCC2C3CCC4CC(NCC(=O)O)C(=O)C[C@]4(C)C3CC[C@@]21C. The van der Waals surface area contributed by atoms with Crippen LogP contribution in [-0.4, -0.2) is 29.4 Å². The maximum atomic E-state index is 13.0. The predicted molar refractivity (Wildman–Crippen MR) is 119 cm³/mol. The van der Waals surface area contributed by atoms with E-state index in [4.69, 9.17) is 5.11 Å². The van der Waals surface area contributed by atoms with Crippen LogP contribution in [0.1, 0.15) is 91.9 Å². The summed E-state index contributed by atoms with van der Waals surface area (Å²) in [6.07, 6.45) is 12.1. The summed E-state index contributed by atoms with van der Waals surface area (Å²) in [4.78, 5) is 23.9. The van der Waals surface area contributed by atoms with E-state index in [0.29, 0.717) is 23.7 Å². The average molecular weight is 418 g/mol. The maximum Gasteiger partial charge on any atom is 0.317 e. The Morgan fingerprint density at radius 3 is 2.57 bits per heavy atom. The number of hydrogen-bond acceptors (Lipinski definition) is 3. The number of carboxylic acids is 1. The van der Waals surface area contributed by atoms with E-state index in [0.717, 1.165) is 30.1 Å². The van der Waals surface area contributed by atoms with Gasteiger partial charge in [0.1, 0.15) is 5.78 Å². The highest BCUT2D eigenvalue weighted by molar-refractivity contribution is 5.86. The van der Waals surface area contributed by atoms with E-state index in [1.165, 1.54) is 51.4 Å². The highest BCUT2D eigenvalue weighted by Crippen LogP contribution is 2.68. The van der Waals surface area contributed by atoms with Gasteiger partial charge in [-0.2, -0.15) is 0 Å². The molecule has 0 bridgehead atoms. The van der Waals surface area contributed by atoms with Crippen LogP contribution in [0.5, 0.6) is 0 Å². The number of hydrogen-bond donors (Lipinski definition) is 2. The van der Waals surface area contributed by atoms with Crippen molar-refractivity contribution in [3.63, 3.8) is 0 Å². The quantitative estimate of drug-likeness (QED) is 0.615. The molecule has 0 amide bonds. The smallest absolute Gasteiger partial charge is 0.317 e. The number of rotatable bonds is 6. The van der Waals surface area contributed by atoms with E-state index < -0.39 is 5.97 Å². The van der Waals surface area contributed by atoms with Gasteiger partial charge in [0, 0.05) is 6.42 Å². The first-order chi connectivity index (χ1) is 14.2. The summed E-state index contributed by atoms with van der Waals surface area (Å²) in [7, 11) is 0. The molecule has 0 aromatic rings. The third-order valence-electron chi connectivity index (χ3n) is 10.5. The molecule has 4 rings (SSSR count). The van der Waals surface area contributed by atoms with Crippen molar-refractivity contribution in [1.82, 2.24) is 5.32 Å². The molecule has 4 heteroatoms. The van der Waals surface area contributed by atoms with Crippen molar-refractivity contribution < 1.29 is 14.7 Å². The summed E-state index contributed by atoms with van der Waals surface area (Å²) >= 11 is 0. The Bertz CT molecular complexity index is 677. The van der Waals surface area contributed by atoms with Crippen molar-refractivity contribution in [2.75, 3.05) is 6.54 Å². The zero-order chi connectivity index (χ0) is 21.7. The minimum atomic E-state index is -0.875. The van der Waals surface area contributed by atoms with Gasteiger partial charge in [-0.15, -0.1) is 0 Å². The monoisotopic (exact) mass is 417 g/mol. The highest BCUT2D eigenvalue weighted by atomic mass is 16.4. The summed E-state index contributed by atoms with van der Waals surface area (Å²) in [5.74, 6) is 3.97. The second kappa shape index (κ2) is 8.22. The van der Waals surface area contributed by atoms with Crippen molar-refractivity contribution in [2.24, 2.45) is 46.3 Å². The molecule has 5 unspecified atom stereocenters. The lowest BCUT2D eigenvalue weighted by Crippen LogP contribution is -2.58. The van der Waals surface area contributed by atoms with Crippen molar-refractivity contribution in [3.8, 4) is 0 Å². The predicted octanol–water partition coefficient (Wildman–Crippen LogP) is 5.30. The standard InChI is InChI=1S/C26H43NO3/c1-5-6-16(2)19-9-10-20-18-8-7-17-13-22(27-15-24(29)30)23(28)14-26(17,4)21(18)11-12-25(19,20)3/h16-22,27H,5-15H2,1-4H3,(H,29,30)/t16-,17?,18?,19-,20?,21?,22?,25-,26+/m1/s1. The Hall–Kier alpha value is -0.900. The molecule has 4 fully saturated rings. The first-order valence-electron chi connectivity index (χ1n) is 12.7. The topological polar surface area (TPSA) is 66.4 Å². The second-order valence-corrected chi connectivity index (χ2v) is 11.9. The van der Waals surface area contributed by atoms with Crippen LogP contribution in [0, 0.1) is 46.3 Å². The van der Waals surface area contributed by atoms with E-state index in [-0.39, 0.29) is 23.8 Å². The van der Waals surface area contributed by atoms with Gasteiger partial charge in [0.25, 0.3) is 0 Å². The molecule has 0 saturated heterocycles. The van der Waals surface area contributed by atoms with Gasteiger partial charge < -0.3 is 5.11 Å². The molecule has 0 heterocycles. The lowest BCUT2D eigenvalue weighted by atomic mass is 9.44. The first-order valence-corrected chi connectivity index (χ1v) is 12.7. The summed E-state index contributed by atoms with van der Waals surface area (Å²) < 4.78 is 0. The summed E-state index contributed by atoms with van der Waals surface area (Å²) in [6, 6.07) is -0.254. The molecule has 0 aromatic carbocycles. The van der Waals surface area contributed by atoms with Gasteiger partial charge >= 0.3 is 5.97 Å². The van der Waals surface area contributed by atoms with E-state index in [1.807, 2.05) is 0 Å². The molecule has 9 atom stereocenters. The fourth-order valence-electron chi connectivity index (χ4n) is 9.15. The number of ketones is 1. The van der Waals surface area contributed by atoms with Gasteiger partial charge in [0.05, 0.1) is 12.6 Å². The van der Waals surface area contributed by atoms with Gasteiger partial charge in [-0.3, -0.25) is 14.9 Å². The minimum absolute atomic E-state index is 0.107. The molecule has 0 aromatic heterocycles. The largest absolute Gasteiger partial charge is 0.480 e. The van der Waals surface area contributed by atoms with Gasteiger partial charge in [-0.25, -0.2) is 0 Å².